The van der Waals surface area contributed by atoms with Crippen LogP contribution in [0.25, 0.3) is 4.96 Å². The standard InChI is InChI=1S/C7H9N3OS/c1-4-6(5(2)11)12-7-8-3-9-10(4)7/h3,5,11H,1-2H3/t5-/m1/s1. The Balaban J connectivity index is 2.70. The van der Waals surface area contributed by atoms with Crippen molar-refractivity contribution in [2.75, 3.05) is 0 Å². The second-order valence-electron chi connectivity index (χ2n) is 2.68. The monoisotopic (exact) mass is 183 g/mol. The molecule has 1 atom stereocenters. The maximum atomic E-state index is 9.37. The number of aliphatic hydroxyl groups excluding tert-OH is 1. The number of hydrogen-bond acceptors (Lipinski definition) is 4. The first kappa shape index (κ1) is 7.70. The number of nitrogens with zero attached hydrogens (tertiary/aromatic N) is 3. The van der Waals surface area contributed by atoms with Crippen LogP contribution >= 0.6 is 11.3 Å². The highest BCUT2D eigenvalue weighted by atomic mass is 32.1. The van der Waals surface area contributed by atoms with Gasteiger partial charge in [0, 0.05) is 0 Å². The van der Waals surface area contributed by atoms with Gasteiger partial charge in [-0.25, -0.2) is 9.50 Å². The summed E-state index contributed by atoms with van der Waals surface area (Å²) in [5.41, 5.74) is 0.975. The second-order valence-corrected chi connectivity index (χ2v) is 3.69. The van der Waals surface area contributed by atoms with Crippen LogP contribution in [0.3, 0.4) is 0 Å². The molecule has 0 saturated carbocycles. The minimum atomic E-state index is -0.432. The Labute approximate surface area is 73.5 Å². The summed E-state index contributed by atoms with van der Waals surface area (Å²) >= 11 is 1.48. The van der Waals surface area contributed by atoms with Gasteiger partial charge in [-0.05, 0) is 13.8 Å². The van der Waals surface area contributed by atoms with E-state index in [-0.39, 0.29) is 0 Å². The summed E-state index contributed by atoms with van der Waals surface area (Å²) in [5.74, 6) is 0. The van der Waals surface area contributed by atoms with Crippen LogP contribution in [0.1, 0.15) is 23.6 Å². The first-order valence-electron chi connectivity index (χ1n) is 3.67. The highest BCUT2D eigenvalue weighted by Gasteiger charge is 2.13. The van der Waals surface area contributed by atoms with Gasteiger partial charge in [0.2, 0.25) is 4.96 Å². The molecule has 1 N–H and O–H groups in total. The lowest BCUT2D eigenvalue weighted by Gasteiger charge is -1.99. The average Bonchev–Trinajstić information content (AvgIpc) is 2.53. The largest absolute Gasteiger partial charge is 0.388 e. The lowest BCUT2D eigenvalue weighted by Crippen LogP contribution is -1.93. The molecule has 5 heteroatoms. The van der Waals surface area contributed by atoms with Crippen LogP contribution in [-0.4, -0.2) is 19.7 Å². The Bertz CT molecular complexity index is 404. The van der Waals surface area contributed by atoms with Gasteiger partial charge in [-0.1, -0.05) is 11.3 Å². The minimum Gasteiger partial charge on any atom is -0.388 e. The van der Waals surface area contributed by atoms with E-state index < -0.39 is 6.10 Å². The normalized spacial score (nSPS) is 13.9. The van der Waals surface area contributed by atoms with Gasteiger partial charge in [0.1, 0.15) is 6.33 Å². The van der Waals surface area contributed by atoms with E-state index in [9.17, 15) is 5.11 Å². The SMILES string of the molecule is Cc1c([C@@H](C)O)sc2ncnn12. The van der Waals surface area contributed by atoms with Crippen molar-refractivity contribution in [3.63, 3.8) is 0 Å². The minimum absolute atomic E-state index is 0.432. The number of aryl methyl sites for hydroxylation is 1. The maximum absolute atomic E-state index is 9.37. The summed E-state index contributed by atoms with van der Waals surface area (Å²) < 4.78 is 1.74. The zero-order valence-corrected chi connectivity index (χ0v) is 7.67. The quantitative estimate of drug-likeness (QED) is 0.721. The number of aliphatic hydroxyl groups is 1. The highest BCUT2D eigenvalue weighted by molar-refractivity contribution is 7.17. The van der Waals surface area contributed by atoms with Gasteiger partial charge in [0.15, 0.2) is 0 Å². The van der Waals surface area contributed by atoms with Crippen molar-refractivity contribution in [3.05, 3.63) is 16.9 Å². The van der Waals surface area contributed by atoms with Gasteiger partial charge in [-0.3, -0.25) is 0 Å². The Morgan fingerprint density at radius 1 is 1.67 bits per heavy atom. The van der Waals surface area contributed by atoms with Gasteiger partial charge in [0.05, 0.1) is 16.7 Å². The molecular formula is C7H9N3OS. The van der Waals surface area contributed by atoms with Crippen LogP contribution in [0.15, 0.2) is 6.33 Å². The Hall–Kier alpha value is -0.940. The van der Waals surface area contributed by atoms with Crippen LogP contribution in [-0.2, 0) is 0 Å². The topological polar surface area (TPSA) is 50.4 Å². The maximum Gasteiger partial charge on any atom is 0.212 e. The van der Waals surface area contributed by atoms with E-state index in [2.05, 4.69) is 10.1 Å². The molecular weight excluding hydrogens is 174 g/mol. The van der Waals surface area contributed by atoms with Crippen molar-refractivity contribution >= 4 is 16.3 Å². The molecule has 0 aliphatic heterocycles. The molecule has 0 saturated heterocycles. The van der Waals surface area contributed by atoms with Crippen molar-refractivity contribution in [2.45, 2.75) is 20.0 Å². The molecule has 0 bridgehead atoms. The number of fused-ring (bicyclic) bond motifs is 1. The van der Waals surface area contributed by atoms with E-state index in [0.717, 1.165) is 15.5 Å². The predicted octanol–water partition coefficient (Wildman–Crippen LogP) is 1.15. The fourth-order valence-corrected chi connectivity index (χ4v) is 2.17. The molecule has 64 valence electrons. The molecule has 2 aromatic heterocycles. The molecule has 0 unspecified atom stereocenters. The third-order valence-electron chi connectivity index (χ3n) is 1.77. The molecule has 12 heavy (non-hydrogen) atoms. The second kappa shape index (κ2) is 2.53. The number of hydrogen-bond donors (Lipinski definition) is 1. The number of aromatic nitrogens is 3. The van der Waals surface area contributed by atoms with E-state index in [1.165, 1.54) is 17.7 Å². The lowest BCUT2D eigenvalue weighted by molar-refractivity contribution is 0.202. The molecule has 0 aliphatic carbocycles. The van der Waals surface area contributed by atoms with E-state index in [0.29, 0.717) is 0 Å². The molecule has 2 rings (SSSR count). The zero-order chi connectivity index (χ0) is 8.72. The van der Waals surface area contributed by atoms with Crippen molar-refractivity contribution < 1.29 is 5.11 Å². The van der Waals surface area contributed by atoms with E-state index in [1.807, 2.05) is 6.92 Å². The van der Waals surface area contributed by atoms with E-state index in [4.69, 9.17) is 0 Å². The van der Waals surface area contributed by atoms with Gasteiger partial charge in [0.25, 0.3) is 0 Å². The molecule has 0 aliphatic rings. The van der Waals surface area contributed by atoms with Crippen LogP contribution in [0.2, 0.25) is 0 Å². The molecule has 0 spiro atoms. The summed E-state index contributed by atoms with van der Waals surface area (Å²) in [6.45, 7) is 3.68. The zero-order valence-electron chi connectivity index (χ0n) is 6.85. The molecule has 0 radical (unpaired) electrons. The third-order valence-corrected chi connectivity index (χ3v) is 3.09. The van der Waals surface area contributed by atoms with Crippen molar-refractivity contribution in [2.24, 2.45) is 0 Å². The molecule has 2 heterocycles. The summed E-state index contributed by atoms with van der Waals surface area (Å²) in [7, 11) is 0. The molecule has 0 aromatic carbocycles. The summed E-state index contributed by atoms with van der Waals surface area (Å²) in [6.07, 6.45) is 1.09. The van der Waals surface area contributed by atoms with Gasteiger partial charge in [-0.15, -0.1) is 0 Å². The van der Waals surface area contributed by atoms with Crippen molar-refractivity contribution in [1.29, 1.82) is 0 Å². The number of thiazole rings is 1. The Morgan fingerprint density at radius 2 is 2.42 bits per heavy atom. The van der Waals surface area contributed by atoms with Crippen LogP contribution in [0.5, 0.6) is 0 Å². The third kappa shape index (κ3) is 0.937. The lowest BCUT2D eigenvalue weighted by atomic mass is 10.3. The van der Waals surface area contributed by atoms with E-state index >= 15 is 0 Å². The molecule has 4 nitrogen and oxygen atoms in total. The van der Waals surface area contributed by atoms with Gasteiger partial charge in [-0.2, -0.15) is 5.10 Å². The Kier molecular flexibility index (Phi) is 1.62. The highest BCUT2D eigenvalue weighted by Crippen LogP contribution is 2.26. The summed E-state index contributed by atoms with van der Waals surface area (Å²) in [5, 5.41) is 13.4. The summed E-state index contributed by atoms with van der Waals surface area (Å²) in [4.78, 5) is 5.81. The van der Waals surface area contributed by atoms with Crippen LogP contribution in [0, 0.1) is 6.92 Å². The van der Waals surface area contributed by atoms with Crippen LogP contribution in [0.4, 0.5) is 0 Å². The Morgan fingerprint density at radius 3 is 3.00 bits per heavy atom. The van der Waals surface area contributed by atoms with Crippen molar-refractivity contribution in [3.8, 4) is 0 Å². The van der Waals surface area contributed by atoms with Crippen molar-refractivity contribution in [1.82, 2.24) is 14.6 Å². The van der Waals surface area contributed by atoms with Gasteiger partial charge >= 0.3 is 0 Å². The van der Waals surface area contributed by atoms with Crippen LogP contribution < -0.4 is 0 Å². The van der Waals surface area contributed by atoms with E-state index in [1.54, 1.807) is 11.4 Å². The fraction of sp³-hybridized carbons (Fsp3) is 0.429. The number of rotatable bonds is 1. The first-order valence-corrected chi connectivity index (χ1v) is 4.49. The fourth-order valence-electron chi connectivity index (χ4n) is 1.19. The molecule has 2 aromatic rings. The predicted molar refractivity (Wildman–Crippen MR) is 46.2 cm³/mol. The smallest absolute Gasteiger partial charge is 0.212 e. The molecule has 0 amide bonds. The first-order chi connectivity index (χ1) is 5.70. The average molecular weight is 183 g/mol. The molecule has 0 fully saturated rings. The summed E-state index contributed by atoms with van der Waals surface area (Å²) in [6, 6.07) is 0. The van der Waals surface area contributed by atoms with Gasteiger partial charge < -0.3 is 5.11 Å².